The van der Waals surface area contributed by atoms with Crippen LogP contribution in [0.1, 0.15) is 26.7 Å². The van der Waals surface area contributed by atoms with Crippen molar-refractivity contribution in [3.63, 3.8) is 0 Å². The van der Waals surface area contributed by atoms with Crippen molar-refractivity contribution in [2.75, 3.05) is 14.2 Å². The Morgan fingerprint density at radius 2 is 1.83 bits per heavy atom. The van der Waals surface area contributed by atoms with Crippen molar-refractivity contribution in [3.8, 4) is 0 Å². The topological polar surface area (TPSA) is 52.6 Å². The second-order valence-corrected chi connectivity index (χ2v) is 4.69. The van der Waals surface area contributed by atoms with Crippen molar-refractivity contribution >= 4 is 11.9 Å². The zero-order valence-corrected chi connectivity index (χ0v) is 11.4. The molecule has 2 atom stereocenters. The van der Waals surface area contributed by atoms with Gasteiger partial charge in [0.15, 0.2) is 0 Å². The second-order valence-electron chi connectivity index (χ2n) is 4.69. The highest BCUT2D eigenvalue weighted by Gasteiger charge is 2.35. The molecule has 4 heteroatoms. The molecule has 1 aliphatic carbocycles. The lowest BCUT2D eigenvalue weighted by atomic mass is 9.96. The van der Waals surface area contributed by atoms with Crippen LogP contribution >= 0.6 is 0 Å². The second kappa shape index (κ2) is 6.38. The third-order valence-electron chi connectivity index (χ3n) is 3.36. The number of allylic oxidation sites excluding steroid dienone is 3. The van der Waals surface area contributed by atoms with E-state index in [4.69, 9.17) is 4.74 Å². The molecule has 1 fully saturated rings. The van der Waals surface area contributed by atoms with Crippen LogP contribution in [0.5, 0.6) is 0 Å². The Morgan fingerprint density at radius 3 is 2.33 bits per heavy atom. The van der Waals surface area contributed by atoms with E-state index in [2.05, 4.69) is 4.74 Å². The number of carbonyl (C=O) groups excluding carboxylic acids is 2. The normalized spacial score (nSPS) is 23.2. The smallest absolute Gasteiger partial charge is 0.330 e. The summed E-state index contributed by atoms with van der Waals surface area (Å²) in [5.74, 6) is -0.794. The Labute approximate surface area is 108 Å². The molecule has 1 saturated carbocycles. The minimum absolute atomic E-state index is 0.0152. The van der Waals surface area contributed by atoms with Crippen LogP contribution in [0.25, 0.3) is 0 Å². The summed E-state index contributed by atoms with van der Waals surface area (Å²) in [7, 11) is 2.73. The van der Waals surface area contributed by atoms with Gasteiger partial charge in [0.05, 0.1) is 20.1 Å². The standard InChI is InChI=1S/C14H20O4/c1-9(2)11-7-10(5-6-13(15)17-3)12(8-11)14(16)18-4/h5-6,10,12H,7-8H2,1-4H3/b6-5-. The van der Waals surface area contributed by atoms with E-state index < -0.39 is 5.97 Å². The van der Waals surface area contributed by atoms with Crippen molar-refractivity contribution < 1.29 is 19.1 Å². The first-order valence-electron chi connectivity index (χ1n) is 5.98. The van der Waals surface area contributed by atoms with Gasteiger partial charge in [0.25, 0.3) is 0 Å². The third kappa shape index (κ3) is 3.45. The van der Waals surface area contributed by atoms with Crippen LogP contribution < -0.4 is 0 Å². The maximum absolute atomic E-state index is 11.7. The van der Waals surface area contributed by atoms with E-state index in [0.29, 0.717) is 6.42 Å². The fraction of sp³-hybridized carbons (Fsp3) is 0.571. The van der Waals surface area contributed by atoms with Gasteiger partial charge in [-0.1, -0.05) is 17.2 Å². The predicted octanol–water partition coefficient (Wildman–Crippen LogP) is 2.25. The molecule has 0 bridgehead atoms. The Hall–Kier alpha value is -1.58. The summed E-state index contributed by atoms with van der Waals surface area (Å²) in [6, 6.07) is 0. The summed E-state index contributed by atoms with van der Waals surface area (Å²) in [6.45, 7) is 4.08. The van der Waals surface area contributed by atoms with Crippen molar-refractivity contribution in [2.45, 2.75) is 26.7 Å². The van der Waals surface area contributed by atoms with E-state index in [9.17, 15) is 9.59 Å². The van der Waals surface area contributed by atoms with Gasteiger partial charge in [0, 0.05) is 6.08 Å². The molecular weight excluding hydrogens is 232 g/mol. The molecule has 0 aliphatic heterocycles. The molecule has 4 nitrogen and oxygen atoms in total. The van der Waals surface area contributed by atoms with Gasteiger partial charge in [-0.2, -0.15) is 0 Å². The largest absolute Gasteiger partial charge is 0.469 e. The summed E-state index contributed by atoms with van der Waals surface area (Å²) in [4.78, 5) is 22.8. The highest BCUT2D eigenvalue weighted by Crippen LogP contribution is 2.39. The number of hydrogen-bond acceptors (Lipinski definition) is 4. The lowest BCUT2D eigenvalue weighted by molar-refractivity contribution is -0.146. The van der Waals surface area contributed by atoms with Crippen LogP contribution in [0, 0.1) is 11.8 Å². The molecule has 1 rings (SSSR count). The first kappa shape index (κ1) is 14.5. The molecule has 0 amide bonds. The van der Waals surface area contributed by atoms with Gasteiger partial charge in [-0.3, -0.25) is 4.79 Å². The number of ether oxygens (including phenoxy) is 2. The van der Waals surface area contributed by atoms with Gasteiger partial charge in [0.2, 0.25) is 0 Å². The lowest BCUT2D eigenvalue weighted by Gasteiger charge is -2.12. The van der Waals surface area contributed by atoms with Crippen molar-refractivity contribution in [1.29, 1.82) is 0 Å². The van der Waals surface area contributed by atoms with Crippen LogP contribution in [-0.4, -0.2) is 26.2 Å². The maximum atomic E-state index is 11.7. The van der Waals surface area contributed by atoms with Crippen LogP contribution in [0.3, 0.4) is 0 Å². The SMILES string of the molecule is COC(=O)/C=C\C1CC(=C(C)C)CC1C(=O)OC. The Balaban J connectivity index is 2.86. The van der Waals surface area contributed by atoms with Crippen LogP contribution in [0.2, 0.25) is 0 Å². The van der Waals surface area contributed by atoms with E-state index in [-0.39, 0.29) is 17.8 Å². The fourth-order valence-electron chi connectivity index (χ4n) is 2.22. The Bertz CT molecular complexity index is 389. The summed E-state index contributed by atoms with van der Waals surface area (Å²) < 4.78 is 9.37. The molecule has 0 radical (unpaired) electrons. The molecule has 1 aliphatic rings. The summed E-state index contributed by atoms with van der Waals surface area (Å²) in [5.41, 5.74) is 2.50. The van der Waals surface area contributed by atoms with Crippen LogP contribution in [0.4, 0.5) is 0 Å². The van der Waals surface area contributed by atoms with Gasteiger partial charge in [-0.05, 0) is 32.6 Å². The number of hydrogen-bond donors (Lipinski definition) is 0. The molecule has 0 aromatic rings. The first-order valence-corrected chi connectivity index (χ1v) is 5.98. The highest BCUT2D eigenvalue weighted by atomic mass is 16.5. The minimum atomic E-state index is -0.399. The van der Waals surface area contributed by atoms with Gasteiger partial charge in [0.1, 0.15) is 0 Å². The zero-order valence-electron chi connectivity index (χ0n) is 11.4. The molecular formula is C14H20O4. The predicted molar refractivity (Wildman–Crippen MR) is 67.8 cm³/mol. The van der Waals surface area contributed by atoms with E-state index in [1.807, 2.05) is 13.8 Å². The summed E-state index contributed by atoms with van der Waals surface area (Å²) >= 11 is 0. The third-order valence-corrected chi connectivity index (χ3v) is 3.36. The summed E-state index contributed by atoms with van der Waals surface area (Å²) in [5, 5.41) is 0. The maximum Gasteiger partial charge on any atom is 0.330 e. The molecule has 2 unspecified atom stereocenters. The Morgan fingerprint density at radius 1 is 1.17 bits per heavy atom. The zero-order chi connectivity index (χ0) is 13.7. The van der Waals surface area contributed by atoms with Gasteiger partial charge < -0.3 is 9.47 Å². The molecule has 0 spiro atoms. The number of esters is 2. The minimum Gasteiger partial charge on any atom is -0.469 e. The van der Waals surface area contributed by atoms with Crippen LogP contribution in [0.15, 0.2) is 23.3 Å². The van der Waals surface area contributed by atoms with Gasteiger partial charge in [-0.25, -0.2) is 4.79 Å². The van der Waals surface area contributed by atoms with E-state index in [1.165, 1.54) is 31.4 Å². The fourth-order valence-corrected chi connectivity index (χ4v) is 2.22. The molecule has 18 heavy (non-hydrogen) atoms. The molecule has 0 saturated heterocycles. The van der Waals surface area contributed by atoms with E-state index in [0.717, 1.165) is 6.42 Å². The lowest BCUT2D eigenvalue weighted by Crippen LogP contribution is -2.19. The monoisotopic (exact) mass is 252 g/mol. The van der Waals surface area contributed by atoms with E-state index >= 15 is 0 Å². The molecule has 0 aromatic heterocycles. The quantitative estimate of drug-likeness (QED) is 0.439. The highest BCUT2D eigenvalue weighted by molar-refractivity contribution is 5.82. The molecule has 0 N–H and O–H groups in total. The van der Waals surface area contributed by atoms with Crippen molar-refractivity contribution in [1.82, 2.24) is 0 Å². The number of carbonyl (C=O) groups is 2. The first-order chi connectivity index (χ1) is 8.49. The van der Waals surface area contributed by atoms with Crippen molar-refractivity contribution in [2.24, 2.45) is 11.8 Å². The average Bonchev–Trinajstić information content (AvgIpc) is 2.79. The number of methoxy groups -OCH3 is 2. The molecule has 0 aromatic carbocycles. The average molecular weight is 252 g/mol. The van der Waals surface area contributed by atoms with E-state index in [1.54, 1.807) is 6.08 Å². The number of rotatable bonds is 3. The van der Waals surface area contributed by atoms with Gasteiger partial charge >= 0.3 is 11.9 Å². The molecule has 100 valence electrons. The molecule has 0 heterocycles. The Kier molecular flexibility index (Phi) is 5.13. The van der Waals surface area contributed by atoms with Crippen molar-refractivity contribution in [3.05, 3.63) is 23.3 Å². The van der Waals surface area contributed by atoms with Crippen LogP contribution in [-0.2, 0) is 19.1 Å². The summed E-state index contributed by atoms with van der Waals surface area (Å²) in [6.07, 6.45) is 4.65. The van der Waals surface area contributed by atoms with Gasteiger partial charge in [-0.15, -0.1) is 0 Å².